The second-order valence-corrected chi connectivity index (χ2v) is 9.77. The number of aryl methyl sites for hydroxylation is 3. The second kappa shape index (κ2) is 8.85. The van der Waals surface area contributed by atoms with Gasteiger partial charge in [-0.1, -0.05) is 30.3 Å². The Morgan fingerprint density at radius 1 is 1.17 bits per heavy atom. The monoisotopic (exact) mass is 445 g/mol. The lowest BCUT2D eigenvalue weighted by Gasteiger charge is -2.13. The Morgan fingerprint density at radius 2 is 1.93 bits per heavy atom. The largest absolute Gasteiger partial charge is 0.354 e. The number of rotatable bonds is 7. The lowest BCUT2D eigenvalue weighted by Crippen LogP contribution is -2.13. The number of sulfonamides is 1. The molecule has 0 saturated carbocycles. The Morgan fingerprint density at radius 3 is 2.63 bits per heavy atom. The van der Waals surface area contributed by atoms with Gasteiger partial charge in [0.2, 0.25) is 5.91 Å². The van der Waals surface area contributed by atoms with Crippen LogP contribution < -0.4 is 10.0 Å². The van der Waals surface area contributed by atoms with Gasteiger partial charge in [-0.3, -0.25) is 9.52 Å². The lowest BCUT2D eigenvalue weighted by atomic mass is 10.1. The van der Waals surface area contributed by atoms with Gasteiger partial charge >= 0.3 is 0 Å². The summed E-state index contributed by atoms with van der Waals surface area (Å²) in [7, 11) is -3.71. The third-order valence-corrected chi connectivity index (χ3v) is 7.32. The molecule has 0 radical (unpaired) electrons. The SMILES string of the molecule is CCc1cccc(C)c1NS(=O)(=O)c1ccc(C=Cc2onc(C)c2NC(C)=O)s1. The summed E-state index contributed by atoms with van der Waals surface area (Å²) in [6, 6.07) is 9.00. The summed E-state index contributed by atoms with van der Waals surface area (Å²) in [6.07, 6.45) is 4.10. The Hall–Kier alpha value is -2.91. The molecule has 2 N–H and O–H groups in total. The number of nitrogens with one attached hydrogen (secondary N) is 2. The van der Waals surface area contributed by atoms with Crippen molar-refractivity contribution >= 4 is 50.8 Å². The molecule has 0 aliphatic rings. The maximum absolute atomic E-state index is 12.9. The van der Waals surface area contributed by atoms with Crippen molar-refractivity contribution < 1.29 is 17.7 Å². The number of anilines is 2. The maximum atomic E-state index is 12.9. The molecule has 2 heterocycles. The third-order valence-electron chi connectivity index (χ3n) is 4.43. The van der Waals surface area contributed by atoms with Crippen LogP contribution in [0.5, 0.6) is 0 Å². The highest BCUT2D eigenvalue weighted by atomic mass is 32.2. The van der Waals surface area contributed by atoms with Gasteiger partial charge in [0, 0.05) is 11.8 Å². The van der Waals surface area contributed by atoms with Crippen LogP contribution in [0, 0.1) is 13.8 Å². The molecule has 1 aromatic carbocycles. The molecule has 2 aromatic heterocycles. The van der Waals surface area contributed by atoms with Crippen molar-refractivity contribution in [2.45, 2.75) is 38.3 Å². The molecule has 0 spiro atoms. The summed E-state index contributed by atoms with van der Waals surface area (Å²) in [4.78, 5) is 12.1. The van der Waals surface area contributed by atoms with Crippen molar-refractivity contribution in [2.75, 3.05) is 10.0 Å². The van der Waals surface area contributed by atoms with E-state index in [4.69, 9.17) is 4.52 Å². The summed E-state index contributed by atoms with van der Waals surface area (Å²) in [5.41, 5.74) is 3.51. The first-order chi connectivity index (χ1) is 14.2. The molecule has 0 unspecified atom stereocenters. The van der Waals surface area contributed by atoms with Crippen LogP contribution in [0.4, 0.5) is 11.4 Å². The minimum Gasteiger partial charge on any atom is -0.354 e. The minimum atomic E-state index is -3.71. The van der Waals surface area contributed by atoms with Crippen molar-refractivity contribution in [1.29, 1.82) is 0 Å². The first kappa shape index (κ1) is 21.8. The number of thiophene rings is 1. The third kappa shape index (κ3) is 4.80. The van der Waals surface area contributed by atoms with E-state index in [0.717, 1.165) is 33.8 Å². The second-order valence-electron chi connectivity index (χ2n) is 6.75. The van der Waals surface area contributed by atoms with Crippen molar-refractivity contribution in [3.05, 3.63) is 57.8 Å². The van der Waals surface area contributed by atoms with Gasteiger partial charge < -0.3 is 9.84 Å². The van der Waals surface area contributed by atoms with Crippen LogP contribution in [0.1, 0.15) is 41.3 Å². The number of hydrogen-bond donors (Lipinski definition) is 2. The fourth-order valence-corrected chi connectivity index (χ4v) is 5.31. The zero-order valence-electron chi connectivity index (χ0n) is 17.1. The first-order valence-electron chi connectivity index (χ1n) is 9.34. The summed E-state index contributed by atoms with van der Waals surface area (Å²) in [5.74, 6) is 0.167. The predicted octanol–water partition coefficient (Wildman–Crippen LogP) is 4.84. The van der Waals surface area contributed by atoms with Gasteiger partial charge in [0.05, 0.1) is 5.69 Å². The van der Waals surface area contributed by atoms with Crippen LogP contribution in [-0.2, 0) is 21.2 Å². The molecule has 158 valence electrons. The smallest absolute Gasteiger partial charge is 0.271 e. The zero-order valence-corrected chi connectivity index (χ0v) is 18.8. The van der Waals surface area contributed by atoms with E-state index in [9.17, 15) is 13.2 Å². The van der Waals surface area contributed by atoms with Gasteiger partial charge in [-0.25, -0.2) is 8.42 Å². The average Bonchev–Trinajstić information content (AvgIpc) is 3.29. The summed E-state index contributed by atoms with van der Waals surface area (Å²) >= 11 is 1.14. The van der Waals surface area contributed by atoms with E-state index in [2.05, 4.69) is 15.2 Å². The molecule has 3 rings (SSSR count). The standard InChI is InChI=1S/C21H23N3O4S2/c1-5-16-8-6-7-13(2)20(16)24-30(26,27)19-12-10-17(29-19)9-11-18-21(22-15(4)25)14(3)23-28-18/h6-12,24H,5H2,1-4H3,(H,22,25). The molecule has 0 fully saturated rings. The van der Waals surface area contributed by atoms with Crippen LogP contribution in [0.15, 0.2) is 39.1 Å². The first-order valence-corrected chi connectivity index (χ1v) is 11.6. The van der Waals surface area contributed by atoms with E-state index in [-0.39, 0.29) is 10.1 Å². The molecule has 3 aromatic rings. The Kier molecular flexibility index (Phi) is 6.42. The number of amides is 1. The number of aromatic nitrogens is 1. The maximum Gasteiger partial charge on any atom is 0.271 e. The molecule has 7 nitrogen and oxygen atoms in total. The van der Waals surface area contributed by atoms with Gasteiger partial charge in [0.1, 0.15) is 15.6 Å². The van der Waals surface area contributed by atoms with Gasteiger partial charge in [-0.05, 0) is 55.7 Å². The topological polar surface area (TPSA) is 101 Å². The van der Waals surface area contributed by atoms with Gasteiger partial charge in [0.15, 0.2) is 5.76 Å². The average molecular weight is 446 g/mol. The van der Waals surface area contributed by atoms with Crippen LogP contribution in [0.3, 0.4) is 0 Å². The predicted molar refractivity (Wildman–Crippen MR) is 120 cm³/mol. The van der Waals surface area contributed by atoms with Crippen molar-refractivity contribution in [3.63, 3.8) is 0 Å². The van der Waals surface area contributed by atoms with E-state index in [1.54, 1.807) is 31.2 Å². The fraction of sp³-hybridized carbons (Fsp3) is 0.238. The molecule has 0 aliphatic heterocycles. The summed E-state index contributed by atoms with van der Waals surface area (Å²) in [6.45, 7) is 7.00. The molecule has 0 saturated heterocycles. The van der Waals surface area contributed by atoms with E-state index in [1.807, 2.05) is 32.0 Å². The van der Waals surface area contributed by atoms with Gasteiger partial charge in [-0.2, -0.15) is 0 Å². The van der Waals surface area contributed by atoms with E-state index in [1.165, 1.54) is 6.92 Å². The molecule has 30 heavy (non-hydrogen) atoms. The molecular weight excluding hydrogens is 422 g/mol. The molecule has 0 bridgehead atoms. The van der Waals surface area contributed by atoms with Crippen molar-refractivity contribution in [3.8, 4) is 0 Å². The number of nitrogens with zero attached hydrogens (tertiary/aromatic N) is 1. The highest BCUT2D eigenvalue weighted by Crippen LogP contribution is 2.29. The highest BCUT2D eigenvalue weighted by molar-refractivity contribution is 7.94. The summed E-state index contributed by atoms with van der Waals surface area (Å²) < 4.78 is 33.9. The van der Waals surface area contributed by atoms with E-state index >= 15 is 0 Å². The van der Waals surface area contributed by atoms with Crippen LogP contribution in [0.2, 0.25) is 0 Å². The molecular formula is C21H23N3O4S2. The van der Waals surface area contributed by atoms with Crippen molar-refractivity contribution in [1.82, 2.24) is 5.16 Å². The Bertz CT molecular complexity index is 1210. The molecule has 1 amide bonds. The number of hydrogen-bond acceptors (Lipinski definition) is 6. The zero-order chi connectivity index (χ0) is 21.9. The lowest BCUT2D eigenvalue weighted by molar-refractivity contribution is -0.114. The number of para-hydroxylation sites is 1. The van der Waals surface area contributed by atoms with Gasteiger partial charge in [-0.15, -0.1) is 11.3 Å². The molecule has 0 aliphatic carbocycles. The number of carbonyl (C=O) groups excluding carboxylic acids is 1. The van der Waals surface area contributed by atoms with E-state index in [0.29, 0.717) is 22.8 Å². The van der Waals surface area contributed by atoms with Crippen molar-refractivity contribution in [2.24, 2.45) is 0 Å². The summed E-state index contributed by atoms with van der Waals surface area (Å²) in [5, 5.41) is 6.54. The van der Waals surface area contributed by atoms with E-state index < -0.39 is 10.0 Å². The van der Waals surface area contributed by atoms with Crippen LogP contribution in [0.25, 0.3) is 12.2 Å². The number of carbonyl (C=O) groups is 1. The Labute approximate surface area is 179 Å². The van der Waals surface area contributed by atoms with Crippen LogP contribution >= 0.6 is 11.3 Å². The highest BCUT2D eigenvalue weighted by Gasteiger charge is 2.19. The van der Waals surface area contributed by atoms with Gasteiger partial charge in [0.25, 0.3) is 10.0 Å². The normalized spacial score (nSPS) is 11.7. The quantitative estimate of drug-likeness (QED) is 0.542. The Balaban J connectivity index is 1.83. The van der Waals surface area contributed by atoms with Crippen LogP contribution in [-0.4, -0.2) is 19.5 Å². The number of benzene rings is 1. The minimum absolute atomic E-state index is 0.211. The fourth-order valence-electron chi connectivity index (χ4n) is 2.91. The molecule has 9 heteroatoms. The molecule has 0 atom stereocenters.